The molecule has 2 rings (SSSR count). The van der Waals surface area contributed by atoms with Crippen molar-refractivity contribution < 1.29 is 0 Å². The molecule has 0 saturated carbocycles. The minimum Gasteiger partial charge on any atom is -0.354 e. The molecule has 1 unspecified atom stereocenters. The van der Waals surface area contributed by atoms with Crippen molar-refractivity contribution in [3.63, 3.8) is 0 Å². The molecule has 0 saturated heterocycles. The third-order valence-corrected chi connectivity index (χ3v) is 2.77. The fourth-order valence-corrected chi connectivity index (χ4v) is 1.78. The van der Waals surface area contributed by atoms with Gasteiger partial charge in [0.25, 0.3) is 5.95 Å². The Labute approximate surface area is 123 Å². The zero-order chi connectivity index (χ0) is 15.2. The smallest absolute Gasteiger partial charge is 0.257 e. The normalized spacial score (nSPS) is 11.7. The van der Waals surface area contributed by atoms with Crippen molar-refractivity contribution in [2.45, 2.75) is 13.8 Å². The van der Waals surface area contributed by atoms with E-state index in [1.54, 1.807) is 23.1 Å². The Morgan fingerprint density at radius 1 is 1.43 bits per heavy atom. The van der Waals surface area contributed by atoms with Crippen molar-refractivity contribution in [2.75, 3.05) is 30.4 Å². The Kier molecular flexibility index (Phi) is 4.66. The molecule has 0 fully saturated rings. The van der Waals surface area contributed by atoms with Crippen LogP contribution in [0.1, 0.15) is 13.8 Å². The quantitative estimate of drug-likeness (QED) is 0.849. The van der Waals surface area contributed by atoms with Crippen LogP contribution in [-0.2, 0) is 0 Å². The van der Waals surface area contributed by atoms with Crippen LogP contribution in [0.3, 0.4) is 0 Å². The largest absolute Gasteiger partial charge is 0.354 e. The third kappa shape index (κ3) is 3.66. The number of nitrogens with one attached hydrogen (secondary N) is 1. The van der Waals surface area contributed by atoms with Crippen LogP contribution in [0.5, 0.6) is 0 Å². The van der Waals surface area contributed by atoms with Gasteiger partial charge in [0.1, 0.15) is 0 Å². The lowest BCUT2D eigenvalue weighted by molar-refractivity contribution is 0.694. The van der Waals surface area contributed by atoms with Crippen molar-refractivity contribution >= 4 is 11.9 Å². The minimum absolute atomic E-state index is 0.109. The molecule has 8 nitrogen and oxygen atoms in total. The Balaban J connectivity index is 2.34. The summed E-state index contributed by atoms with van der Waals surface area (Å²) in [5.74, 6) is 1.33. The summed E-state index contributed by atoms with van der Waals surface area (Å²) in [6.07, 6.45) is 3.44. The number of aromatic nitrogens is 5. The van der Waals surface area contributed by atoms with Gasteiger partial charge in [0.2, 0.25) is 11.9 Å². The van der Waals surface area contributed by atoms with Crippen LogP contribution in [0.4, 0.5) is 11.9 Å². The van der Waals surface area contributed by atoms with Crippen LogP contribution in [0, 0.1) is 17.2 Å². The van der Waals surface area contributed by atoms with Crippen LogP contribution in [0.25, 0.3) is 5.95 Å². The molecular weight excluding hydrogens is 268 g/mol. The predicted molar refractivity (Wildman–Crippen MR) is 79.2 cm³/mol. The molecular formula is C13H18N8. The Bertz CT molecular complexity index is 616. The van der Waals surface area contributed by atoms with E-state index in [1.165, 1.54) is 0 Å². The van der Waals surface area contributed by atoms with Gasteiger partial charge < -0.3 is 10.2 Å². The third-order valence-electron chi connectivity index (χ3n) is 2.77. The average Bonchev–Trinajstić information content (AvgIpc) is 3.01. The first kappa shape index (κ1) is 14.7. The summed E-state index contributed by atoms with van der Waals surface area (Å²) in [6.45, 7) is 5.08. The van der Waals surface area contributed by atoms with Gasteiger partial charge in [-0.1, -0.05) is 0 Å². The highest BCUT2D eigenvalue weighted by molar-refractivity contribution is 5.39. The molecule has 2 aromatic rings. The molecule has 1 atom stereocenters. The fraction of sp³-hybridized carbons (Fsp3) is 0.462. The SMILES string of the molecule is CCNc1nc(N(C)CC(C)C#N)nc(-n2cccn2)n1. The van der Waals surface area contributed by atoms with Crippen LogP contribution in [-0.4, -0.2) is 44.9 Å². The molecule has 0 aliphatic rings. The number of nitriles is 1. The Morgan fingerprint density at radius 2 is 2.24 bits per heavy atom. The van der Waals surface area contributed by atoms with Gasteiger partial charge >= 0.3 is 0 Å². The summed E-state index contributed by atoms with van der Waals surface area (Å²) >= 11 is 0. The number of hydrogen-bond acceptors (Lipinski definition) is 7. The molecule has 1 N–H and O–H groups in total. The molecule has 2 heterocycles. The van der Waals surface area contributed by atoms with Gasteiger partial charge in [-0.15, -0.1) is 0 Å². The van der Waals surface area contributed by atoms with E-state index < -0.39 is 0 Å². The van der Waals surface area contributed by atoms with Gasteiger partial charge in [0.05, 0.1) is 12.0 Å². The first-order valence-electron chi connectivity index (χ1n) is 6.74. The van der Waals surface area contributed by atoms with E-state index in [2.05, 4.69) is 31.4 Å². The Hall–Kier alpha value is -2.69. The molecule has 2 aromatic heterocycles. The second-order valence-corrected chi connectivity index (χ2v) is 4.65. The zero-order valence-electron chi connectivity index (χ0n) is 12.4. The first-order valence-corrected chi connectivity index (χ1v) is 6.74. The number of hydrogen-bond donors (Lipinski definition) is 1. The molecule has 0 amide bonds. The molecule has 0 spiro atoms. The van der Waals surface area contributed by atoms with Crippen LogP contribution < -0.4 is 10.2 Å². The van der Waals surface area contributed by atoms with Crippen LogP contribution >= 0.6 is 0 Å². The van der Waals surface area contributed by atoms with Crippen molar-refractivity contribution in [1.82, 2.24) is 24.7 Å². The van der Waals surface area contributed by atoms with Gasteiger partial charge in [-0.2, -0.15) is 25.3 Å². The predicted octanol–water partition coefficient (Wildman–Crippen LogP) is 1.08. The molecule has 110 valence electrons. The first-order chi connectivity index (χ1) is 10.1. The standard InChI is InChI=1S/C13H18N8/c1-4-15-11-17-12(20(3)9-10(2)8-14)19-13(18-11)21-7-5-6-16-21/h5-7,10H,4,9H2,1-3H3,(H,15,17,18,19). The van der Waals surface area contributed by atoms with Gasteiger partial charge in [0, 0.05) is 32.5 Å². The van der Waals surface area contributed by atoms with Crippen molar-refractivity contribution in [3.8, 4) is 12.0 Å². The van der Waals surface area contributed by atoms with Gasteiger partial charge in [-0.3, -0.25) is 0 Å². The van der Waals surface area contributed by atoms with Gasteiger partial charge in [-0.25, -0.2) is 4.68 Å². The topological polar surface area (TPSA) is 95.6 Å². The number of nitrogens with zero attached hydrogens (tertiary/aromatic N) is 7. The van der Waals surface area contributed by atoms with Crippen LogP contribution in [0.15, 0.2) is 18.5 Å². The van der Waals surface area contributed by atoms with E-state index in [0.29, 0.717) is 30.9 Å². The van der Waals surface area contributed by atoms with E-state index in [0.717, 1.165) is 0 Å². The average molecular weight is 286 g/mol. The summed E-state index contributed by atoms with van der Waals surface area (Å²) in [6, 6.07) is 4.00. The summed E-state index contributed by atoms with van der Waals surface area (Å²) in [7, 11) is 1.85. The summed E-state index contributed by atoms with van der Waals surface area (Å²) in [5.41, 5.74) is 0. The Morgan fingerprint density at radius 3 is 2.86 bits per heavy atom. The number of rotatable bonds is 6. The summed E-state index contributed by atoms with van der Waals surface area (Å²) < 4.78 is 1.58. The van der Waals surface area contributed by atoms with E-state index in [-0.39, 0.29) is 5.92 Å². The molecule has 0 bridgehead atoms. The van der Waals surface area contributed by atoms with Crippen molar-refractivity contribution in [3.05, 3.63) is 18.5 Å². The van der Waals surface area contributed by atoms with E-state index in [4.69, 9.17) is 5.26 Å². The summed E-state index contributed by atoms with van der Waals surface area (Å²) in [5, 5.41) is 16.1. The summed E-state index contributed by atoms with van der Waals surface area (Å²) in [4.78, 5) is 14.9. The number of anilines is 2. The van der Waals surface area contributed by atoms with E-state index in [9.17, 15) is 0 Å². The van der Waals surface area contributed by atoms with Gasteiger partial charge in [0.15, 0.2) is 0 Å². The lowest BCUT2D eigenvalue weighted by atomic mass is 10.2. The molecule has 0 aliphatic heterocycles. The monoisotopic (exact) mass is 286 g/mol. The van der Waals surface area contributed by atoms with Crippen molar-refractivity contribution in [2.24, 2.45) is 5.92 Å². The second-order valence-electron chi connectivity index (χ2n) is 4.65. The molecule has 0 aromatic carbocycles. The van der Waals surface area contributed by atoms with Crippen LogP contribution in [0.2, 0.25) is 0 Å². The fourth-order valence-electron chi connectivity index (χ4n) is 1.78. The molecule has 21 heavy (non-hydrogen) atoms. The molecule has 0 radical (unpaired) electrons. The molecule has 8 heteroatoms. The van der Waals surface area contributed by atoms with Gasteiger partial charge in [-0.05, 0) is 19.9 Å². The minimum atomic E-state index is -0.109. The maximum Gasteiger partial charge on any atom is 0.257 e. The maximum atomic E-state index is 8.92. The zero-order valence-corrected chi connectivity index (χ0v) is 12.4. The van der Waals surface area contributed by atoms with E-state index in [1.807, 2.05) is 25.8 Å². The maximum absolute atomic E-state index is 8.92. The van der Waals surface area contributed by atoms with E-state index >= 15 is 0 Å². The molecule has 0 aliphatic carbocycles. The lowest BCUT2D eigenvalue weighted by Gasteiger charge is -2.19. The lowest BCUT2D eigenvalue weighted by Crippen LogP contribution is -2.26. The second kappa shape index (κ2) is 6.65. The highest BCUT2D eigenvalue weighted by atomic mass is 15.4. The van der Waals surface area contributed by atoms with Crippen molar-refractivity contribution in [1.29, 1.82) is 5.26 Å². The highest BCUT2D eigenvalue weighted by Crippen LogP contribution is 2.13. The highest BCUT2D eigenvalue weighted by Gasteiger charge is 2.13.